The van der Waals surface area contributed by atoms with Crippen molar-refractivity contribution in [2.45, 2.75) is 44.8 Å². The van der Waals surface area contributed by atoms with Crippen molar-refractivity contribution >= 4 is 11.9 Å². The number of carbonyl (C=O) groups is 2. The second kappa shape index (κ2) is 5.04. The summed E-state index contributed by atoms with van der Waals surface area (Å²) in [5.74, 6) is -0.486. The number of hydrogen-bond donors (Lipinski definition) is 1. The lowest BCUT2D eigenvalue weighted by Crippen LogP contribution is -2.45. The van der Waals surface area contributed by atoms with Gasteiger partial charge in [0.1, 0.15) is 12.1 Å². The van der Waals surface area contributed by atoms with Crippen molar-refractivity contribution in [3.8, 4) is 0 Å². The molecule has 17 heavy (non-hydrogen) atoms. The van der Waals surface area contributed by atoms with Crippen LogP contribution in [-0.4, -0.2) is 47.2 Å². The predicted octanol–water partition coefficient (Wildman–Crippen LogP) is 0.877. The van der Waals surface area contributed by atoms with Crippen LogP contribution in [0, 0.1) is 5.92 Å². The van der Waals surface area contributed by atoms with Crippen molar-refractivity contribution in [1.82, 2.24) is 4.90 Å². The van der Waals surface area contributed by atoms with E-state index in [0.29, 0.717) is 25.5 Å². The maximum absolute atomic E-state index is 12.0. The quantitative estimate of drug-likeness (QED) is 0.775. The lowest BCUT2D eigenvalue weighted by molar-refractivity contribution is -0.153. The monoisotopic (exact) mass is 241 g/mol. The summed E-state index contributed by atoms with van der Waals surface area (Å²) in [5.41, 5.74) is 0. The van der Waals surface area contributed by atoms with Gasteiger partial charge in [0, 0.05) is 6.54 Å². The van der Waals surface area contributed by atoms with Gasteiger partial charge in [0.25, 0.3) is 5.91 Å². The average Bonchev–Trinajstić information content (AvgIpc) is 2.99. The summed E-state index contributed by atoms with van der Waals surface area (Å²) in [5, 5.41) is 9.01. The molecular weight excluding hydrogens is 222 g/mol. The van der Waals surface area contributed by atoms with Gasteiger partial charge in [-0.3, -0.25) is 4.79 Å². The standard InChI is InChI=1S/C12H19NO4/c1-8(17-7-9-4-5-9)11(14)13-6-2-3-10(13)12(15)16/h8-10H,2-7H2,1H3,(H,15,16)/t8-,10-/m0/s1. The van der Waals surface area contributed by atoms with Crippen molar-refractivity contribution in [1.29, 1.82) is 0 Å². The van der Waals surface area contributed by atoms with E-state index in [1.807, 2.05) is 0 Å². The van der Waals surface area contributed by atoms with E-state index >= 15 is 0 Å². The molecule has 2 aliphatic rings. The van der Waals surface area contributed by atoms with Crippen LogP contribution in [0.15, 0.2) is 0 Å². The second-order valence-corrected chi connectivity index (χ2v) is 4.95. The first-order valence-corrected chi connectivity index (χ1v) is 6.24. The first-order valence-electron chi connectivity index (χ1n) is 6.24. The molecule has 2 fully saturated rings. The molecule has 2 rings (SSSR count). The van der Waals surface area contributed by atoms with Crippen LogP contribution in [-0.2, 0) is 14.3 Å². The highest BCUT2D eigenvalue weighted by Gasteiger charge is 2.36. The summed E-state index contributed by atoms with van der Waals surface area (Å²) in [6.07, 6.45) is 3.16. The van der Waals surface area contributed by atoms with Gasteiger partial charge in [0.15, 0.2) is 0 Å². The Morgan fingerprint density at radius 1 is 1.41 bits per heavy atom. The van der Waals surface area contributed by atoms with Crippen LogP contribution < -0.4 is 0 Å². The Balaban J connectivity index is 1.86. The Bertz CT molecular complexity index is 314. The number of likely N-dealkylation sites (tertiary alicyclic amines) is 1. The van der Waals surface area contributed by atoms with E-state index in [-0.39, 0.29) is 5.91 Å². The van der Waals surface area contributed by atoms with E-state index in [9.17, 15) is 9.59 Å². The topological polar surface area (TPSA) is 66.8 Å². The molecule has 0 aromatic carbocycles. The van der Waals surface area contributed by atoms with E-state index in [0.717, 1.165) is 6.42 Å². The van der Waals surface area contributed by atoms with Gasteiger partial charge in [-0.2, -0.15) is 0 Å². The molecule has 1 saturated carbocycles. The number of rotatable bonds is 5. The molecule has 0 unspecified atom stereocenters. The Morgan fingerprint density at radius 2 is 2.12 bits per heavy atom. The van der Waals surface area contributed by atoms with Crippen LogP contribution in [0.2, 0.25) is 0 Å². The van der Waals surface area contributed by atoms with Gasteiger partial charge in [0.2, 0.25) is 0 Å². The van der Waals surface area contributed by atoms with Crippen molar-refractivity contribution < 1.29 is 19.4 Å². The lowest BCUT2D eigenvalue weighted by atomic mass is 10.2. The van der Waals surface area contributed by atoms with Gasteiger partial charge in [-0.05, 0) is 38.5 Å². The molecule has 1 saturated heterocycles. The molecule has 0 radical (unpaired) electrons. The third-order valence-electron chi connectivity index (χ3n) is 3.45. The summed E-state index contributed by atoms with van der Waals surface area (Å²) < 4.78 is 5.48. The molecule has 0 aromatic heterocycles. The van der Waals surface area contributed by atoms with E-state index in [1.54, 1.807) is 6.92 Å². The minimum Gasteiger partial charge on any atom is -0.480 e. The van der Waals surface area contributed by atoms with Gasteiger partial charge in [-0.25, -0.2) is 4.79 Å². The highest BCUT2D eigenvalue weighted by molar-refractivity contribution is 5.86. The van der Waals surface area contributed by atoms with E-state index in [2.05, 4.69) is 0 Å². The molecule has 0 bridgehead atoms. The molecule has 1 N–H and O–H groups in total. The predicted molar refractivity (Wildman–Crippen MR) is 60.5 cm³/mol. The van der Waals surface area contributed by atoms with Crippen LogP contribution >= 0.6 is 0 Å². The fourth-order valence-electron chi connectivity index (χ4n) is 2.16. The molecule has 1 aliphatic carbocycles. The second-order valence-electron chi connectivity index (χ2n) is 4.95. The Labute approximate surface area is 101 Å². The lowest BCUT2D eigenvalue weighted by Gasteiger charge is -2.24. The van der Waals surface area contributed by atoms with Gasteiger partial charge in [-0.15, -0.1) is 0 Å². The number of ether oxygens (including phenoxy) is 1. The average molecular weight is 241 g/mol. The maximum atomic E-state index is 12.0. The van der Waals surface area contributed by atoms with Crippen molar-refractivity contribution in [3.05, 3.63) is 0 Å². The molecule has 5 nitrogen and oxygen atoms in total. The number of carbonyl (C=O) groups excluding carboxylic acids is 1. The number of carboxylic acid groups (broad SMARTS) is 1. The van der Waals surface area contributed by atoms with Crippen LogP contribution in [0.5, 0.6) is 0 Å². The summed E-state index contributed by atoms with van der Waals surface area (Å²) in [4.78, 5) is 24.5. The Kier molecular flexibility index (Phi) is 3.66. The minimum atomic E-state index is -0.912. The van der Waals surface area contributed by atoms with Crippen molar-refractivity contribution in [2.75, 3.05) is 13.2 Å². The molecule has 1 aliphatic heterocycles. The normalized spacial score (nSPS) is 25.9. The van der Waals surface area contributed by atoms with E-state index in [4.69, 9.17) is 9.84 Å². The van der Waals surface area contributed by atoms with E-state index in [1.165, 1.54) is 17.7 Å². The van der Waals surface area contributed by atoms with Gasteiger partial charge in [0.05, 0.1) is 6.61 Å². The molecule has 1 amide bonds. The summed E-state index contributed by atoms with van der Waals surface area (Å²) >= 11 is 0. The number of aliphatic carboxylic acids is 1. The molecule has 2 atom stereocenters. The summed E-state index contributed by atoms with van der Waals surface area (Å²) in [6.45, 7) is 2.87. The smallest absolute Gasteiger partial charge is 0.326 e. The fourth-order valence-corrected chi connectivity index (χ4v) is 2.16. The highest BCUT2D eigenvalue weighted by atomic mass is 16.5. The van der Waals surface area contributed by atoms with Crippen molar-refractivity contribution in [2.24, 2.45) is 5.92 Å². The van der Waals surface area contributed by atoms with Crippen molar-refractivity contribution in [3.63, 3.8) is 0 Å². The zero-order valence-corrected chi connectivity index (χ0v) is 10.1. The highest BCUT2D eigenvalue weighted by Crippen LogP contribution is 2.29. The third kappa shape index (κ3) is 2.97. The Morgan fingerprint density at radius 3 is 2.71 bits per heavy atom. The molecular formula is C12H19NO4. The maximum Gasteiger partial charge on any atom is 0.326 e. The van der Waals surface area contributed by atoms with E-state index < -0.39 is 18.1 Å². The zero-order valence-electron chi connectivity index (χ0n) is 10.1. The van der Waals surface area contributed by atoms with Gasteiger partial charge >= 0.3 is 5.97 Å². The minimum absolute atomic E-state index is 0.185. The molecule has 5 heteroatoms. The summed E-state index contributed by atoms with van der Waals surface area (Å²) in [6, 6.07) is -0.658. The SMILES string of the molecule is C[C@H](OCC1CC1)C(=O)N1CCC[C@H]1C(=O)O. The Hall–Kier alpha value is -1.10. The largest absolute Gasteiger partial charge is 0.480 e. The van der Waals surface area contributed by atoms with Gasteiger partial charge in [-0.1, -0.05) is 0 Å². The molecule has 96 valence electrons. The first kappa shape index (κ1) is 12.4. The van der Waals surface area contributed by atoms with Crippen LogP contribution in [0.3, 0.4) is 0 Å². The molecule has 0 aromatic rings. The fraction of sp³-hybridized carbons (Fsp3) is 0.833. The number of amides is 1. The van der Waals surface area contributed by atoms with Gasteiger partial charge < -0.3 is 14.7 Å². The third-order valence-corrected chi connectivity index (χ3v) is 3.45. The van der Waals surface area contributed by atoms with Crippen LogP contribution in [0.1, 0.15) is 32.6 Å². The van der Waals surface area contributed by atoms with Crippen LogP contribution in [0.25, 0.3) is 0 Å². The molecule has 0 spiro atoms. The number of hydrogen-bond acceptors (Lipinski definition) is 3. The number of carboxylic acids is 1. The number of nitrogens with zero attached hydrogens (tertiary/aromatic N) is 1. The van der Waals surface area contributed by atoms with Crippen LogP contribution in [0.4, 0.5) is 0 Å². The first-order chi connectivity index (χ1) is 8.09. The molecule has 1 heterocycles. The zero-order chi connectivity index (χ0) is 12.4. The summed E-state index contributed by atoms with van der Waals surface area (Å²) in [7, 11) is 0.